The molecule has 150 valence electrons. The van der Waals surface area contributed by atoms with Crippen molar-refractivity contribution in [2.45, 2.75) is 51.1 Å². The van der Waals surface area contributed by atoms with Gasteiger partial charge in [0.25, 0.3) is 0 Å². The number of pyridine rings is 1. The van der Waals surface area contributed by atoms with Gasteiger partial charge < -0.3 is 4.90 Å². The van der Waals surface area contributed by atoms with Crippen LogP contribution in [0.4, 0.5) is 0 Å². The molecule has 0 unspecified atom stereocenters. The van der Waals surface area contributed by atoms with Crippen LogP contribution in [-0.4, -0.2) is 63.9 Å². The highest BCUT2D eigenvalue weighted by Gasteiger charge is 2.50. The van der Waals surface area contributed by atoms with Crippen LogP contribution in [0.1, 0.15) is 44.6 Å². The minimum atomic E-state index is 0.192. The molecule has 2 fully saturated rings. The molecule has 5 heteroatoms. The third kappa shape index (κ3) is 4.36. The highest BCUT2D eigenvalue weighted by molar-refractivity contribution is 5.78. The highest BCUT2D eigenvalue weighted by Crippen LogP contribution is 2.43. The van der Waals surface area contributed by atoms with Crippen molar-refractivity contribution in [3.63, 3.8) is 0 Å². The van der Waals surface area contributed by atoms with Crippen molar-refractivity contribution in [1.82, 2.24) is 19.7 Å². The normalized spacial score (nSPS) is 22.0. The van der Waals surface area contributed by atoms with Gasteiger partial charge in [-0.1, -0.05) is 25.1 Å². The van der Waals surface area contributed by atoms with E-state index in [1.165, 1.54) is 18.4 Å². The van der Waals surface area contributed by atoms with E-state index in [-0.39, 0.29) is 11.4 Å². The van der Waals surface area contributed by atoms with E-state index in [4.69, 9.17) is 0 Å². The molecule has 1 saturated carbocycles. The number of aromatic nitrogens is 1. The first kappa shape index (κ1) is 19.3. The molecule has 28 heavy (non-hydrogen) atoms. The summed E-state index contributed by atoms with van der Waals surface area (Å²) in [7, 11) is 0. The monoisotopic (exact) mass is 380 g/mol. The fourth-order valence-corrected chi connectivity index (χ4v) is 4.46. The first-order valence-electron chi connectivity index (χ1n) is 10.7. The number of rotatable bonds is 7. The number of amides is 1. The summed E-state index contributed by atoms with van der Waals surface area (Å²) in [5.41, 5.74) is 2.59. The van der Waals surface area contributed by atoms with Gasteiger partial charge in [-0.25, -0.2) is 0 Å². The summed E-state index contributed by atoms with van der Waals surface area (Å²) >= 11 is 0. The summed E-state index contributed by atoms with van der Waals surface area (Å²) in [5.74, 6) is 0.249. The number of carbonyl (C=O) groups is 1. The zero-order valence-corrected chi connectivity index (χ0v) is 17.0. The largest absolute Gasteiger partial charge is 0.311 e. The molecule has 1 amide bonds. The molecule has 0 N–H and O–H groups in total. The van der Waals surface area contributed by atoms with Crippen LogP contribution < -0.4 is 0 Å². The lowest BCUT2D eigenvalue weighted by Crippen LogP contribution is -2.55. The van der Waals surface area contributed by atoms with Crippen LogP contribution >= 0.6 is 0 Å². The van der Waals surface area contributed by atoms with Crippen LogP contribution in [0.2, 0.25) is 0 Å². The zero-order valence-electron chi connectivity index (χ0n) is 17.0. The first-order valence-corrected chi connectivity index (χ1v) is 10.7. The Labute approximate surface area is 168 Å². The molecule has 3 aliphatic rings. The molecule has 1 aromatic heterocycles. The minimum Gasteiger partial charge on any atom is -0.311 e. The van der Waals surface area contributed by atoms with Gasteiger partial charge in [-0.3, -0.25) is 19.6 Å². The Morgan fingerprint density at radius 1 is 1.21 bits per heavy atom. The Balaban J connectivity index is 1.37. The molecule has 1 saturated heterocycles. The Hall–Kier alpha value is -1.98. The van der Waals surface area contributed by atoms with Crippen molar-refractivity contribution in [1.29, 1.82) is 0 Å². The summed E-state index contributed by atoms with van der Waals surface area (Å²) in [6.45, 7) is 8.14. The van der Waals surface area contributed by atoms with Crippen molar-refractivity contribution < 1.29 is 4.79 Å². The maximum atomic E-state index is 12.7. The second-order valence-corrected chi connectivity index (χ2v) is 8.29. The van der Waals surface area contributed by atoms with E-state index in [1.807, 2.05) is 25.4 Å². The second kappa shape index (κ2) is 8.58. The quantitative estimate of drug-likeness (QED) is 0.728. The Kier molecular flexibility index (Phi) is 5.93. The van der Waals surface area contributed by atoms with Crippen LogP contribution in [0.25, 0.3) is 0 Å². The lowest BCUT2D eigenvalue weighted by atomic mass is 10.1. The van der Waals surface area contributed by atoms with E-state index in [1.54, 1.807) is 0 Å². The lowest BCUT2D eigenvalue weighted by Gasteiger charge is -2.42. The van der Waals surface area contributed by atoms with Gasteiger partial charge in [0.05, 0.1) is 0 Å². The highest BCUT2D eigenvalue weighted by atomic mass is 16.2. The Morgan fingerprint density at radius 2 is 2.04 bits per heavy atom. The third-order valence-electron chi connectivity index (χ3n) is 6.34. The van der Waals surface area contributed by atoms with E-state index in [2.05, 4.69) is 44.0 Å². The molecule has 4 rings (SSSR count). The molecule has 1 aromatic rings. The van der Waals surface area contributed by atoms with Crippen molar-refractivity contribution >= 4 is 5.91 Å². The van der Waals surface area contributed by atoms with Crippen molar-refractivity contribution in [2.75, 3.05) is 32.7 Å². The summed E-state index contributed by atoms with van der Waals surface area (Å²) in [6, 6.07) is 4.17. The molecule has 2 aliphatic carbocycles. The van der Waals surface area contributed by atoms with E-state index < -0.39 is 0 Å². The van der Waals surface area contributed by atoms with Gasteiger partial charge in [-0.05, 0) is 43.4 Å². The predicted molar refractivity (Wildman–Crippen MR) is 112 cm³/mol. The average Bonchev–Trinajstić information content (AvgIpc) is 3.54. The number of hydrogen-bond donors (Lipinski definition) is 0. The molecule has 0 aromatic carbocycles. The fraction of sp³-hybridized carbons (Fsp3) is 0.565. The van der Waals surface area contributed by atoms with E-state index in [0.717, 1.165) is 57.8 Å². The number of piperazine rings is 1. The molecular formula is C23H32N4O. The molecule has 0 radical (unpaired) electrons. The summed E-state index contributed by atoms with van der Waals surface area (Å²) < 4.78 is 0. The third-order valence-corrected chi connectivity index (χ3v) is 6.34. The van der Waals surface area contributed by atoms with Gasteiger partial charge in [0.15, 0.2) is 0 Å². The first-order chi connectivity index (χ1) is 13.7. The smallest absolute Gasteiger partial charge is 0.226 e. The summed E-state index contributed by atoms with van der Waals surface area (Å²) in [4.78, 5) is 24.1. The SMILES string of the molecule is CCC(=O)N(CC1(N2CCN(Cc3cccnc3)CC2)CC1)C1=CCCC=C1. The molecular weight excluding hydrogens is 348 g/mol. The van der Waals surface area contributed by atoms with Gasteiger partial charge in [-0.15, -0.1) is 0 Å². The molecule has 0 bridgehead atoms. The molecule has 0 spiro atoms. The lowest BCUT2D eigenvalue weighted by molar-refractivity contribution is -0.129. The van der Waals surface area contributed by atoms with Crippen LogP contribution in [0.3, 0.4) is 0 Å². The Bertz CT molecular complexity index is 730. The van der Waals surface area contributed by atoms with Gasteiger partial charge in [0.2, 0.25) is 5.91 Å². The van der Waals surface area contributed by atoms with Crippen LogP contribution in [0.5, 0.6) is 0 Å². The van der Waals surface area contributed by atoms with E-state index in [9.17, 15) is 4.79 Å². The number of nitrogens with zero attached hydrogens (tertiary/aromatic N) is 4. The minimum absolute atomic E-state index is 0.192. The zero-order chi connectivity index (χ0) is 19.4. The van der Waals surface area contributed by atoms with Crippen LogP contribution in [-0.2, 0) is 11.3 Å². The predicted octanol–water partition coefficient (Wildman–Crippen LogP) is 3.20. The van der Waals surface area contributed by atoms with Gasteiger partial charge in [0, 0.05) is 69.3 Å². The summed E-state index contributed by atoms with van der Waals surface area (Å²) in [6.07, 6.45) is 15.5. The maximum absolute atomic E-state index is 12.7. The number of carbonyl (C=O) groups excluding carboxylic acids is 1. The van der Waals surface area contributed by atoms with Crippen molar-refractivity contribution in [2.24, 2.45) is 0 Å². The molecule has 1 aliphatic heterocycles. The van der Waals surface area contributed by atoms with Gasteiger partial charge >= 0.3 is 0 Å². The van der Waals surface area contributed by atoms with E-state index >= 15 is 0 Å². The Morgan fingerprint density at radius 3 is 2.64 bits per heavy atom. The molecule has 2 heterocycles. The van der Waals surface area contributed by atoms with Crippen LogP contribution in [0.15, 0.2) is 48.5 Å². The average molecular weight is 381 g/mol. The van der Waals surface area contributed by atoms with Crippen molar-refractivity contribution in [3.8, 4) is 0 Å². The van der Waals surface area contributed by atoms with Crippen molar-refractivity contribution in [3.05, 3.63) is 54.0 Å². The number of hydrogen-bond acceptors (Lipinski definition) is 4. The van der Waals surface area contributed by atoms with Gasteiger partial charge in [0.1, 0.15) is 0 Å². The van der Waals surface area contributed by atoms with Gasteiger partial charge in [-0.2, -0.15) is 0 Å². The molecule has 5 nitrogen and oxygen atoms in total. The molecule has 0 atom stereocenters. The fourth-order valence-electron chi connectivity index (χ4n) is 4.46. The van der Waals surface area contributed by atoms with E-state index in [0.29, 0.717) is 6.42 Å². The second-order valence-electron chi connectivity index (χ2n) is 8.29. The maximum Gasteiger partial charge on any atom is 0.226 e. The summed E-state index contributed by atoms with van der Waals surface area (Å²) in [5, 5.41) is 0. The van der Waals surface area contributed by atoms with Crippen LogP contribution in [0, 0.1) is 0 Å². The topological polar surface area (TPSA) is 39.7 Å². The number of allylic oxidation sites excluding steroid dienone is 3. The standard InChI is InChI=1S/C23H32N4O/c1-2-22(28)27(21-8-4-3-5-9-21)19-23(10-11-23)26-15-13-25(14-16-26)18-20-7-6-12-24-17-20/h4,6-9,12,17H,2-3,5,10-11,13-16,18-19H2,1H3.